The number of aryl methyl sites for hydroxylation is 1. The maximum absolute atomic E-state index is 4.53. The molecule has 96 valence electrons. The summed E-state index contributed by atoms with van der Waals surface area (Å²) in [6, 6.07) is 6.23. The zero-order valence-corrected chi connectivity index (χ0v) is 12.7. The maximum Gasteiger partial charge on any atom is 0.0547 e. The van der Waals surface area contributed by atoms with Crippen molar-refractivity contribution in [3.63, 3.8) is 0 Å². The molecule has 1 rings (SSSR count). The molecule has 0 fully saturated rings. The van der Waals surface area contributed by atoms with Crippen molar-refractivity contribution in [3.05, 3.63) is 29.6 Å². The van der Waals surface area contributed by atoms with Gasteiger partial charge >= 0.3 is 0 Å². The van der Waals surface area contributed by atoms with Crippen molar-refractivity contribution >= 4 is 15.9 Å². The summed E-state index contributed by atoms with van der Waals surface area (Å²) in [5.74, 6) is 0.794. The monoisotopic (exact) mass is 298 g/mol. The summed E-state index contributed by atoms with van der Waals surface area (Å²) in [4.78, 5) is 6.88. The smallest absolute Gasteiger partial charge is 0.0547 e. The predicted octanol–water partition coefficient (Wildman–Crippen LogP) is 3.63. The fourth-order valence-corrected chi connectivity index (χ4v) is 2.60. The number of pyridine rings is 1. The van der Waals surface area contributed by atoms with E-state index in [1.165, 1.54) is 18.5 Å². The Kier molecular flexibility index (Phi) is 6.75. The van der Waals surface area contributed by atoms with Crippen LogP contribution in [0.2, 0.25) is 0 Å². The molecule has 0 radical (unpaired) electrons. The van der Waals surface area contributed by atoms with Gasteiger partial charge in [0, 0.05) is 17.6 Å². The lowest BCUT2D eigenvalue weighted by molar-refractivity contribution is 0.293. The number of nitrogens with zero attached hydrogens (tertiary/aromatic N) is 2. The van der Waals surface area contributed by atoms with Gasteiger partial charge in [0.2, 0.25) is 0 Å². The van der Waals surface area contributed by atoms with Crippen molar-refractivity contribution in [2.45, 2.75) is 33.2 Å². The van der Waals surface area contributed by atoms with Crippen LogP contribution in [0.25, 0.3) is 0 Å². The van der Waals surface area contributed by atoms with E-state index in [1.54, 1.807) is 0 Å². The van der Waals surface area contributed by atoms with Gasteiger partial charge < -0.3 is 4.90 Å². The SMILES string of the molecule is Cc1cccc(CN(C)CCC(C)CCBr)n1. The van der Waals surface area contributed by atoms with Gasteiger partial charge in [-0.05, 0) is 51.4 Å². The third kappa shape index (κ3) is 6.18. The Morgan fingerprint density at radius 3 is 2.76 bits per heavy atom. The standard InChI is InChI=1S/C14H23BrN2/c1-12(7-9-15)8-10-17(3)11-14-6-4-5-13(2)16-14/h4-6,12H,7-11H2,1-3H3. The number of alkyl halides is 1. The highest BCUT2D eigenvalue weighted by Crippen LogP contribution is 2.10. The van der Waals surface area contributed by atoms with Gasteiger partial charge in [0.1, 0.15) is 0 Å². The van der Waals surface area contributed by atoms with Crippen LogP contribution in [0.1, 0.15) is 31.2 Å². The zero-order valence-electron chi connectivity index (χ0n) is 11.1. The number of rotatable bonds is 7. The second-order valence-corrected chi connectivity index (χ2v) is 5.67. The molecule has 1 aromatic rings. The lowest BCUT2D eigenvalue weighted by Crippen LogP contribution is -2.21. The van der Waals surface area contributed by atoms with Gasteiger partial charge in [-0.25, -0.2) is 0 Å². The molecule has 17 heavy (non-hydrogen) atoms. The van der Waals surface area contributed by atoms with Crippen molar-refractivity contribution in [1.82, 2.24) is 9.88 Å². The summed E-state index contributed by atoms with van der Waals surface area (Å²) in [7, 11) is 2.17. The summed E-state index contributed by atoms with van der Waals surface area (Å²) in [6.45, 7) is 6.45. The van der Waals surface area contributed by atoms with Gasteiger partial charge in [0.05, 0.1) is 5.69 Å². The van der Waals surface area contributed by atoms with Crippen LogP contribution in [0, 0.1) is 12.8 Å². The lowest BCUT2D eigenvalue weighted by atomic mass is 10.1. The molecule has 1 aromatic heterocycles. The number of aromatic nitrogens is 1. The molecule has 0 spiro atoms. The Morgan fingerprint density at radius 1 is 1.35 bits per heavy atom. The Morgan fingerprint density at radius 2 is 2.12 bits per heavy atom. The maximum atomic E-state index is 4.53. The summed E-state index contributed by atoms with van der Waals surface area (Å²) < 4.78 is 0. The first-order chi connectivity index (χ1) is 8.11. The predicted molar refractivity (Wildman–Crippen MR) is 77.5 cm³/mol. The Hall–Kier alpha value is -0.410. The van der Waals surface area contributed by atoms with E-state index in [4.69, 9.17) is 0 Å². The minimum atomic E-state index is 0.794. The van der Waals surface area contributed by atoms with Gasteiger partial charge in [-0.1, -0.05) is 28.9 Å². The van der Waals surface area contributed by atoms with Crippen molar-refractivity contribution in [3.8, 4) is 0 Å². The minimum absolute atomic E-state index is 0.794. The summed E-state index contributed by atoms with van der Waals surface area (Å²) >= 11 is 3.50. The van der Waals surface area contributed by atoms with Crippen LogP contribution in [0.3, 0.4) is 0 Å². The Bertz CT molecular complexity index is 328. The highest BCUT2D eigenvalue weighted by atomic mass is 79.9. The molecule has 0 saturated carbocycles. The highest BCUT2D eigenvalue weighted by molar-refractivity contribution is 9.09. The first-order valence-corrected chi connectivity index (χ1v) is 7.41. The fourth-order valence-electron chi connectivity index (χ4n) is 1.81. The van der Waals surface area contributed by atoms with Gasteiger partial charge in [-0.15, -0.1) is 0 Å². The van der Waals surface area contributed by atoms with E-state index in [2.05, 4.69) is 51.9 Å². The van der Waals surface area contributed by atoms with Gasteiger partial charge in [0.15, 0.2) is 0 Å². The largest absolute Gasteiger partial charge is 0.301 e. The molecule has 1 unspecified atom stereocenters. The molecule has 0 aliphatic heterocycles. The van der Waals surface area contributed by atoms with E-state index in [1.807, 2.05) is 13.0 Å². The van der Waals surface area contributed by atoms with Crippen molar-refractivity contribution in [1.29, 1.82) is 0 Å². The van der Waals surface area contributed by atoms with E-state index in [-0.39, 0.29) is 0 Å². The molecule has 2 nitrogen and oxygen atoms in total. The molecule has 0 N–H and O–H groups in total. The van der Waals surface area contributed by atoms with Crippen LogP contribution in [0.5, 0.6) is 0 Å². The van der Waals surface area contributed by atoms with Crippen LogP contribution in [0.4, 0.5) is 0 Å². The molecule has 0 amide bonds. The second kappa shape index (κ2) is 7.83. The van der Waals surface area contributed by atoms with Gasteiger partial charge in [-0.2, -0.15) is 0 Å². The molecular formula is C14H23BrN2. The van der Waals surface area contributed by atoms with Gasteiger partial charge in [-0.3, -0.25) is 4.98 Å². The summed E-state index contributed by atoms with van der Waals surface area (Å²) in [5.41, 5.74) is 2.27. The van der Waals surface area contributed by atoms with E-state index < -0.39 is 0 Å². The quantitative estimate of drug-likeness (QED) is 0.715. The molecule has 0 aliphatic carbocycles. The summed E-state index contributed by atoms with van der Waals surface area (Å²) in [6.07, 6.45) is 2.52. The molecular weight excluding hydrogens is 276 g/mol. The Labute approximate surface area is 114 Å². The van der Waals surface area contributed by atoms with E-state index in [0.717, 1.165) is 30.0 Å². The molecule has 0 aromatic carbocycles. The van der Waals surface area contributed by atoms with Crippen LogP contribution in [-0.2, 0) is 6.54 Å². The van der Waals surface area contributed by atoms with E-state index in [9.17, 15) is 0 Å². The first kappa shape index (κ1) is 14.7. The average Bonchev–Trinajstić information content (AvgIpc) is 2.27. The third-order valence-corrected chi connectivity index (χ3v) is 3.44. The van der Waals surface area contributed by atoms with Gasteiger partial charge in [0.25, 0.3) is 0 Å². The third-order valence-electron chi connectivity index (χ3n) is 2.98. The number of hydrogen-bond acceptors (Lipinski definition) is 2. The average molecular weight is 299 g/mol. The lowest BCUT2D eigenvalue weighted by Gasteiger charge is -2.18. The van der Waals surface area contributed by atoms with Crippen LogP contribution in [-0.4, -0.2) is 28.8 Å². The molecule has 0 saturated heterocycles. The molecule has 0 bridgehead atoms. The highest BCUT2D eigenvalue weighted by Gasteiger charge is 2.05. The topological polar surface area (TPSA) is 16.1 Å². The van der Waals surface area contributed by atoms with Crippen LogP contribution in [0.15, 0.2) is 18.2 Å². The van der Waals surface area contributed by atoms with Crippen molar-refractivity contribution in [2.24, 2.45) is 5.92 Å². The van der Waals surface area contributed by atoms with Crippen LogP contribution < -0.4 is 0 Å². The zero-order chi connectivity index (χ0) is 12.7. The number of hydrogen-bond donors (Lipinski definition) is 0. The van der Waals surface area contributed by atoms with Crippen LogP contribution >= 0.6 is 15.9 Å². The molecule has 3 heteroatoms. The first-order valence-electron chi connectivity index (χ1n) is 6.29. The van der Waals surface area contributed by atoms with E-state index >= 15 is 0 Å². The van der Waals surface area contributed by atoms with Crippen molar-refractivity contribution in [2.75, 3.05) is 18.9 Å². The molecule has 1 atom stereocenters. The van der Waals surface area contributed by atoms with Crippen molar-refractivity contribution < 1.29 is 0 Å². The number of halogens is 1. The molecule has 1 heterocycles. The fraction of sp³-hybridized carbons (Fsp3) is 0.643. The minimum Gasteiger partial charge on any atom is -0.301 e. The molecule has 0 aliphatic rings. The Balaban J connectivity index is 2.32. The summed E-state index contributed by atoms with van der Waals surface area (Å²) in [5, 5.41) is 1.11. The second-order valence-electron chi connectivity index (χ2n) is 4.88. The van der Waals surface area contributed by atoms with E-state index in [0.29, 0.717) is 0 Å². The normalized spacial score (nSPS) is 13.0.